The predicted octanol–water partition coefficient (Wildman–Crippen LogP) is 3.59. The van der Waals surface area contributed by atoms with E-state index in [2.05, 4.69) is 46.5 Å². The Kier molecular flexibility index (Phi) is 7.93. The fraction of sp³-hybridized carbons (Fsp3) is 0.545. The van der Waals surface area contributed by atoms with E-state index in [0.29, 0.717) is 34.8 Å². The first-order chi connectivity index (χ1) is 14.4. The van der Waals surface area contributed by atoms with E-state index < -0.39 is 0 Å². The topological polar surface area (TPSA) is 87.2 Å². The Balaban J connectivity index is 1.46. The highest BCUT2D eigenvalue weighted by Gasteiger charge is 2.18. The zero-order valence-electron chi connectivity index (χ0n) is 18.0. The Hall–Kier alpha value is -2.32. The Labute approximate surface area is 182 Å². The molecule has 1 unspecified atom stereocenters. The van der Waals surface area contributed by atoms with E-state index in [1.165, 1.54) is 37.3 Å². The lowest BCUT2D eigenvalue weighted by Gasteiger charge is -2.23. The van der Waals surface area contributed by atoms with Crippen molar-refractivity contribution in [2.45, 2.75) is 52.5 Å². The van der Waals surface area contributed by atoms with Crippen LogP contribution in [0.15, 0.2) is 24.3 Å². The molecule has 0 radical (unpaired) electrons. The van der Waals surface area contributed by atoms with Crippen LogP contribution < -0.4 is 10.6 Å². The molecule has 1 atom stereocenters. The maximum atomic E-state index is 12.4. The number of carbonyl (C=O) groups is 2. The molecule has 0 saturated carbocycles. The van der Waals surface area contributed by atoms with Crippen LogP contribution in [0.4, 0.5) is 5.69 Å². The smallest absolute Gasteiger partial charge is 0.286 e. The maximum Gasteiger partial charge on any atom is 0.286 e. The molecule has 1 aromatic carbocycles. The molecule has 1 aromatic heterocycles. The minimum Gasteiger partial charge on any atom is -0.352 e. The second-order valence-electron chi connectivity index (χ2n) is 8.27. The number of amides is 2. The third kappa shape index (κ3) is 6.34. The van der Waals surface area contributed by atoms with Gasteiger partial charge in [0.1, 0.15) is 5.01 Å². The average molecular weight is 430 g/mol. The largest absolute Gasteiger partial charge is 0.352 e. The third-order valence-electron chi connectivity index (χ3n) is 5.26. The summed E-state index contributed by atoms with van der Waals surface area (Å²) in [7, 11) is 0. The van der Waals surface area contributed by atoms with Crippen molar-refractivity contribution in [3.8, 4) is 0 Å². The quantitative estimate of drug-likeness (QED) is 0.636. The van der Waals surface area contributed by atoms with Gasteiger partial charge in [-0.3, -0.25) is 9.59 Å². The molecular formula is C22H31N5O2S. The molecule has 1 aliphatic rings. The van der Waals surface area contributed by atoms with Crippen molar-refractivity contribution in [1.29, 1.82) is 0 Å². The number of nitrogens with one attached hydrogen (secondary N) is 2. The Bertz CT molecular complexity index is 843. The second-order valence-corrected chi connectivity index (χ2v) is 9.33. The van der Waals surface area contributed by atoms with Gasteiger partial charge in [0.2, 0.25) is 5.01 Å². The number of anilines is 1. The van der Waals surface area contributed by atoms with Crippen LogP contribution in [0.25, 0.3) is 0 Å². The summed E-state index contributed by atoms with van der Waals surface area (Å²) in [6.45, 7) is 9.42. The van der Waals surface area contributed by atoms with E-state index in [0.717, 1.165) is 17.8 Å². The Morgan fingerprint density at radius 2 is 1.77 bits per heavy atom. The number of nitrogens with zero attached hydrogens (tertiary/aromatic N) is 3. The molecule has 3 rings (SSSR count). The number of aromatic nitrogens is 2. The molecule has 0 bridgehead atoms. The molecule has 2 N–H and O–H groups in total. The van der Waals surface area contributed by atoms with Gasteiger partial charge in [-0.25, -0.2) is 0 Å². The fourth-order valence-electron chi connectivity index (χ4n) is 3.53. The average Bonchev–Trinajstić information content (AvgIpc) is 3.40. The van der Waals surface area contributed by atoms with Crippen LogP contribution in [0.1, 0.15) is 65.2 Å². The van der Waals surface area contributed by atoms with Crippen molar-refractivity contribution in [1.82, 2.24) is 20.4 Å². The van der Waals surface area contributed by atoms with Crippen molar-refractivity contribution in [3.63, 3.8) is 0 Å². The number of hydrogen-bond donors (Lipinski definition) is 2. The van der Waals surface area contributed by atoms with Gasteiger partial charge >= 0.3 is 0 Å². The molecule has 2 heterocycles. The number of carbonyl (C=O) groups excluding carboxylic acids is 2. The van der Waals surface area contributed by atoms with E-state index in [1.807, 2.05) is 0 Å². The molecule has 1 aliphatic heterocycles. The van der Waals surface area contributed by atoms with Crippen LogP contribution in [0.5, 0.6) is 0 Å². The molecule has 7 nitrogen and oxygen atoms in total. The van der Waals surface area contributed by atoms with Gasteiger partial charge in [0, 0.05) is 30.3 Å². The number of rotatable bonds is 9. The van der Waals surface area contributed by atoms with Gasteiger partial charge in [0.05, 0.1) is 0 Å². The molecule has 30 heavy (non-hydrogen) atoms. The highest BCUT2D eigenvalue weighted by molar-refractivity contribution is 7.13. The summed E-state index contributed by atoms with van der Waals surface area (Å²) in [5, 5.41) is 15.1. The zero-order chi connectivity index (χ0) is 21.5. The molecule has 1 fully saturated rings. The minimum absolute atomic E-state index is 0.0936. The van der Waals surface area contributed by atoms with Crippen molar-refractivity contribution >= 4 is 28.8 Å². The van der Waals surface area contributed by atoms with Gasteiger partial charge in [0.15, 0.2) is 0 Å². The van der Waals surface area contributed by atoms with Gasteiger partial charge < -0.3 is 15.5 Å². The summed E-state index contributed by atoms with van der Waals surface area (Å²) in [5.41, 5.74) is 1.21. The molecule has 2 aromatic rings. The lowest BCUT2D eigenvalue weighted by Crippen LogP contribution is -2.34. The highest BCUT2D eigenvalue weighted by Crippen LogP contribution is 2.17. The van der Waals surface area contributed by atoms with Crippen molar-refractivity contribution in [3.05, 3.63) is 39.8 Å². The summed E-state index contributed by atoms with van der Waals surface area (Å²) in [6, 6.07) is 7.40. The number of benzene rings is 1. The van der Waals surface area contributed by atoms with E-state index in [-0.39, 0.29) is 11.8 Å². The predicted molar refractivity (Wildman–Crippen MR) is 120 cm³/mol. The summed E-state index contributed by atoms with van der Waals surface area (Å²) < 4.78 is 0. The number of hydrogen-bond acceptors (Lipinski definition) is 6. The van der Waals surface area contributed by atoms with E-state index in [4.69, 9.17) is 0 Å². The van der Waals surface area contributed by atoms with Gasteiger partial charge in [-0.1, -0.05) is 25.2 Å². The SMILES string of the molecule is CC(C)Cc1nnc(C(=O)Nc2ccc(C(=O)NCCC(C)N3CCCC3)cc2)s1. The van der Waals surface area contributed by atoms with Crippen molar-refractivity contribution < 1.29 is 9.59 Å². The van der Waals surface area contributed by atoms with Crippen LogP contribution in [0.2, 0.25) is 0 Å². The molecule has 8 heteroatoms. The molecular weight excluding hydrogens is 398 g/mol. The van der Waals surface area contributed by atoms with Gasteiger partial charge in [-0.2, -0.15) is 0 Å². The van der Waals surface area contributed by atoms with Crippen LogP contribution in [0, 0.1) is 5.92 Å². The normalized spacial score (nSPS) is 15.3. The number of likely N-dealkylation sites (tertiary alicyclic amines) is 1. The standard InChI is InChI=1S/C22H31N5O2S/c1-15(2)14-19-25-26-22(30-19)21(29)24-18-8-6-17(7-9-18)20(28)23-11-10-16(3)27-12-4-5-13-27/h6-9,15-16H,4-5,10-14H2,1-3H3,(H,23,28)(H,24,29). The van der Waals surface area contributed by atoms with Gasteiger partial charge in [0.25, 0.3) is 11.8 Å². The van der Waals surface area contributed by atoms with Gasteiger partial charge in [-0.15, -0.1) is 10.2 Å². The van der Waals surface area contributed by atoms with Crippen LogP contribution >= 0.6 is 11.3 Å². The second kappa shape index (κ2) is 10.6. The maximum absolute atomic E-state index is 12.4. The molecule has 0 spiro atoms. The van der Waals surface area contributed by atoms with Crippen molar-refractivity contribution in [2.75, 3.05) is 25.0 Å². The first kappa shape index (κ1) is 22.4. The minimum atomic E-state index is -0.282. The summed E-state index contributed by atoms with van der Waals surface area (Å²) >= 11 is 1.32. The molecule has 2 amide bonds. The Morgan fingerprint density at radius 3 is 2.43 bits per heavy atom. The molecule has 162 valence electrons. The highest BCUT2D eigenvalue weighted by atomic mass is 32.1. The summed E-state index contributed by atoms with van der Waals surface area (Å²) in [5.74, 6) is 0.0931. The summed E-state index contributed by atoms with van der Waals surface area (Å²) in [4.78, 5) is 27.2. The first-order valence-corrected chi connectivity index (χ1v) is 11.5. The first-order valence-electron chi connectivity index (χ1n) is 10.7. The van der Waals surface area contributed by atoms with E-state index in [9.17, 15) is 9.59 Å². The lowest BCUT2D eigenvalue weighted by atomic mass is 10.1. The van der Waals surface area contributed by atoms with Gasteiger partial charge in [-0.05, 0) is 69.5 Å². The molecule has 0 aliphatic carbocycles. The monoisotopic (exact) mass is 429 g/mol. The van der Waals surface area contributed by atoms with E-state index in [1.54, 1.807) is 24.3 Å². The zero-order valence-corrected chi connectivity index (χ0v) is 18.8. The van der Waals surface area contributed by atoms with E-state index >= 15 is 0 Å². The van der Waals surface area contributed by atoms with Crippen LogP contribution in [-0.2, 0) is 6.42 Å². The Morgan fingerprint density at radius 1 is 1.07 bits per heavy atom. The third-order valence-corrected chi connectivity index (χ3v) is 6.20. The summed E-state index contributed by atoms with van der Waals surface area (Å²) in [6.07, 6.45) is 4.31. The van der Waals surface area contributed by atoms with Crippen LogP contribution in [-0.4, -0.2) is 52.6 Å². The van der Waals surface area contributed by atoms with Crippen LogP contribution in [0.3, 0.4) is 0 Å². The lowest BCUT2D eigenvalue weighted by molar-refractivity contribution is 0.0949. The molecule has 1 saturated heterocycles. The van der Waals surface area contributed by atoms with Crippen molar-refractivity contribution in [2.24, 2.45) is 5.92 Å². The fourth-order valence-corrected chi connectivity index (χ4v) is 4.48.